The molecule has 122 valence electrons. The molecule has 0 spiro atoms. The van der Waals surface area contributed by atoms with Crippen LogP contribution in [0.25, 0.3) is 0 Å². The van der Waals surface area contributed by atoms with Crippen molar-refractivity contribution in [3.05, 3.63) is 16.1 Å². The van der Waals surface area contributed by atoms with Gasteiger partial charge in [0.2, 0.25) is 0 Å². The first-order chi connectivity index (χ1) is 9.17. The van der Waals surface area contributed by atoms with Crippen LogP contribution in [0.4, 0.5) is 0 Å². The number of carbonyl (C=O) groups excluding carboxylic acids is 1. The van der Waals surface area contributed by atoms with Gasteiger partial charge in [0, 0.05) is 19.1 Å². The van der Waals surface area contributed by atoms with Crippen molar-refractivity contribution in [2.24, 2.45) is 5.41 Å². The van der Waals surface area contributed by atoms with Crippen LogP contribution in [0, 0.1) is 12.3 Å². The average molecular weight is 356 g/mol. The van der Waals surface area contributed by atoms with Crippen molar-refractivity contribution in [1.82, 2.24) is 15.6 Å². The highest BCUT2D eigenvalue weighted by Gasteiger charge is 2.32. The van der Waals surface area contributed by atoms with E-state index in [1.807, 2.05) is 6.92 Å². The number of rotatable bonds is 5. The molecule has 1 saturated heterocycles. The number of amides is 1. The summed E-state index contributed by atoms with van der Waals surface area (Å²) in [6, 6.07) is 0. The number of aryl methyl sites for hydroxylation is 1. The lowest BCUT2D eigenvalue weighted by atomic mass is 9.79. The Morgan fingerprint density at radius 2 is 2.14 bits per heavy atom. The summed E-state index contributed by atoms with van der Waals surface area (Å²) in [6.45, 7) is 5.19. The van der Waals surface area contributed by atoms with E-state index < -0.39 is 0 Å². The van der Waals surface area contributed by atoms with Crippen molar-refractivity contribution in [2.45, 2.75) is 19.8 Å². The largest absolute Gasteiger partial charge is 0.384 e. The Morgan fingerprint density at radius 3 is 2.67 bits per heavy atom. The molecule has 1 aliphatic rings. The van der Waals surface area contributed by atoms with Crippen LogP contribution in [0.2, 0.25) is 0 Å². The second kappa shape index (κ2) is 9.58. The maximum absolute atomic E-state index is 12.1. The predicted octanol–water partition coefficient (Wildman–Crippen LogP) is 2.04. The van der Waals surface area contributed by atoms with E-state index in [1.54, 1.807) is 12.6 Å². The third-order valence-electron chi connectivity index (χ3n) is 3.69. The molecule has 0 saturated carbocycles. The van der Waals surface area contributed by atoms with Gasteiger partial charge in [0.1, 0.15) is 4.88 Å². The van der Waals surface area contributed by atoms with Gasteiger partial charge in [0.15, 0.2) is 0 Å². The number of carbonyl (C=O) groups is 1. The lowest BCUT2D eigenvalue weighted by Crippen LogP contribution is -2.47. The highest BCUT2D eigenvalue weighted by molar-refractivity contribution is 7.11. The van der Waals surface area contributed by atoms with E-state index in [9.17, 15) is 4.79 Å². The third kappa shape index (κ3) is 5.38. The molecule has 0 bridgehead atoms. The standard InChI is InChI=1S/C13H21N3O2S.2ClH/c1-10-11(19-9-16-10)12(17)15-7-13(8-18-2)3-5-14-6-4-13;;/h9,14H,3-8H2,1-2H3,(H,15,17);2*1H. The fourth-order valence-corrected chi connectivity index (χ4v) is 3.22. The number of thiazole rings is 1. The molecular weight excluding hydrogens is 333 g/mol. The molecule has 2 rings (SSSR count). The lowest BCUT2D eigenvalue weighted by molar-refractivity contribution is 0.0512. The molecule has 1 aromatic heterocycles. The molecule has 0 radical (unpaired) electrons. The Balaban J connectivity index is 0.00000200. The summed E-state index contributed by atoms with van der Waals surface area (Å²) < 4.78 is 5.34. The molecule has 0 unspecified atom stereocenters. The molecule has 0 aliphatic carbocycles. The number of nitrogens with one attached hydrogen (secondary N) is 2. The molecule has 1 amide bonds. The number of aromatic nitrogens is 1. The van der Waals surface area contributed by atoms with Crippen LogP contribution in [0.5, 0.6) is 0 Å². The van der Waals surface area contributed by atoms with Gasteiger partial charge in [-0.2, -0.15) is 0 Å². The van der Waals surface area contributed by atoms with Gasteiger partial charge in [0.25, 0.3) is 5.91 Å². The topological polar surface area (TPSA) is 63.2 Å². The fraction of sp³-hybridized carbons (Fsp3) is 0.692. The fourth-order valence-electron chi connectivity index (χ4n) is 2.50. The van der Waals surface area contributed by atoms with Crippen LogP contribution < -0.4 is 10.6 Å². The third-order valence-corrected chi connectivity index (χ3v) is 4.62. The Labute approximate surface area is 142 Å². The van der Waals surface area contributed by atoms with E-state index in [2.05, 4.69) is 15.6 Å². The summed E-state index contributed by atoms with van der Waals surface area (Å²) in [5.74, 6) is -0.0194. The maximum atomic E-state index is 12.1. The van der Waals surface area contributed by atoms with Gasteiger partial charge >= 0.3 is 0 Å². The van der Waals surface area contributed by atoms with Crippen molar-refractivity contribution in [3.63, 3.8) is 0 Å². The van der Waals surface area contributed by atoms with Crippen LogP contribution >= 0.6 is 36.2 Å². The van der Waals surface area contributed by atoms with Crippen molar-refractivity contribution in [2.75, 3.05) is 33.4 Å². The highest BCUT2D eigenvalue weighted by Crippen LogP contribution is 2.28. The number of ether oxygens (including phenoxy) is 1. The SMILES string of the molecule is COCC1(CNC(=O)c2scnc2C)CCNCC1.Cl.Cl. The van der Waals surface area contributed by atoms with E-state index in [-0.39, 0.29) is 36.1 Å². The molecule has 1 aromatic rings. The Morgan fingerprint density at radius 1 is 1.48 bits per heavy atom. The summed E-state index contributed by atoms with van der Waals surface area (Å²) in [4.78, 5) is 16.9. The minimum absolute atomic E-state index is 0. The van der Waals surface area contributed by atoms with Gasteiger partial charge in [-0.15, -0.1) is 36.2 Å². The second-order valence-electron chi connectivity index (χ2n) is 5.13. The quantitative estimate of drug-likeness (QED) is 0.848. The molecule has 5 nitrogen and oxygen atoms in total. The zero-order valence-electron chi connectivity index (χ0n) is 12.3. The van der Waals surface area contributed by atoms with Crippen LogP contribution in [0.15, 0.2) is 5.51 Å². The minimum atomic E-state index is -0.0194. The maximum Gasteiger partial charge on any atom is 0.263 e. The van der Waals surface area contributed by atoms with E-state index >= 15 is 0 Å². The number of hydrogen-bond acceptors (Lipinski definition) is 5. The Kier molecular flexibility index (Phi) is 9.40. The predicted molar refractivity (Wildman–Crippen MR) is 90.1 cm³/mol. The van der Waals surface area contributed by atoms with E-state index in [0.29, 0.717) is 18.0 Å². The smallest absolute Gasteiger partial charge is 0.263 e. The average Bonchev–Trinajstić information content (AvgIpc) is 2.84. The molecule has 2 N–H and O–H groups in total. The number of halogens is 2. The highest BCUT2D eigenvalue weighted by atomic mass is 35.5. The molecule has 1 aliphatic heterocycles. The zero-order valence-corrected chi connectivity index (χ0v) is 14.8. The van der Waals surface area contributed by atoms with Crippen molar-refractivity contribution in [3.8, 4) is 0 Å². The molecule has 1 fully saturated rings. The lowest BCUT2D eigenvalue weighted by Gasteiger charge is -2.37. The second-order valence-corrected chi connectivity index (χ2v) is 5.99. The first kappa shape index (κ1) is 20.6. The monoisotopic (exact) mass is 355 g/mol. The Hall–Kier alpha value is -0.400. The molecule has 0 aromatic carbocycles. The van der Waals surface area contributed by atoms with Crippen LogP contribution in [-0.2, 0) is 4.74 Å². The van der Waals surface area contributed by atoms with Gasteiger partial charge in [-0.3, -0.25) is 4.79 Å². The molecular formula is C13H23Cl2N3O2S. The number of nitrogens with zero attached hydrogens (tertiary/aromatic N) is 1. The van der Waals surface area contributed by atoms with Gasteiger partial charge < -0.3 is 15.4 Å². The van der Waals surface area contributed by atoms with Crippen LogP contribution in [0.3, 0.4) is 0 Å². The first-order valence-corrected chi connectivity index (χ1v) is 7.43. The van der Waals surface area contributed by atoms with Gasteiger partial charge in [-0.1, -0.05) is 0 Å². The number of piperidine rings is 1. The summed E-state index contributed by atoms with van der Waals surface area (Å²) in [6.07, 6.45) is 2.06. The zero-order chi connectivity index (χ0) is 13.7. The van der Waals surface area contributed by atoms with E-state index in [0.717, 1.165) is 31.6 Å². The number of methoxy groups -OCH3 is 1. The number of hydrogen-bond donors (Lipinski definition) is 2. The van der Waals surface area contributed by atoms with Crippen molar-refractivity contribution in [1.29, 1.82) is 0 Å². The van der Waals surface area contributed by atoms with Crippen LogP contribution in [-0.4, -0.2) is 44.2 Å². The van der Waals surface area contributed by atoms with Crippen LogP contribution in [0.1, 0.15) is 28.2 Å². The first-order valence-electron chi connectivity index (χ1n) is 6.55. The van der Waals surface area contributed by atoms with Gasteiger partial charge in [-0.05, 0) is 32.9 Å². The normalized spacial score (nSPS) is 16.5. The summed E-state index contributed by atoms with van der Waals surface area (Å²) in [7, 11) is 1.72. The molecule has 0 atom stereocenters. The molecule has 21 heavy (non-hydrogen) atoms. The summed E-state index contributed by atoms with van der Waals surface area (Å²) in [5, 5.41) is 6.39. The van der Waals surface area contributed by atoms with E-state index in [1.165, 1.54) is 11.3 Å². The summed E-state index contributed by atoms with van der Waals surface area (Å²) >= 11 is 1.39. The minimum Gasteiger partial charge on any atom is -0.384 e. The molecule has 8 heteroatoms. The summed E-state index contributed by atoms with van der Waals surface area (Å²) in [5.41, 5.74) is 2.57. The Bertz CT molecular complexity index is 431. The van der Waals surface area contributed by atoms with Gasteiger partial charge in [-0.25, -0.2) is 4.98 Å². The van der Waals surface area contributed by atoms with Crippen molar-refractivity contribution >= 4 is 42.1 Å². The van der Waals surface area contributed by atoms with Crippen molar-refractivity contribution < 1.29 is 9.53 Å². The molecule has 2 heterocycles. The van der Waals surface area contributed by atoms with Gasteiger partial charge in [0.05, 0.1) is 17.8 Å². The van der Waals surface area contributed by atoms with E-state index in [4.69, 9.17) is 4.74 Å².